The van der Waals surface area contributed by atoms with E-state index in [0.717, 1.165) is 12.0 Å². The van der Waals surface area contributed by atoms with Crippen LogP contribution in [0.3, 0.4) is 0 Å². The smallest absolute Gasteiger partial charge is 0.243 e. The lowest BCUT2D eigenvalue weighted by Crippen LogP contribution is -2.53. The number of carbonyl (C=O) groups excluding carboxylic acids is 3. The van der Waals surface area contributed by atoms with Crippen molar-refractivity contribution in [3.8, 4) is 5.75 Å². The number of hydrogen-bond acceptors (Lipinski definition) is 4. The van der Waals surface area contributed by atoms with Crippen molar-refractivity contribution in [2.24, 2.45) is 0 Å². The van der Waals surface area contributed by atoms with E-state index < -0.39 is 12.1 Å². The third-order valence-electron chi connectivity index (χ3n) is 4.22. The highest BCUT2D eigenvalue weighted by Gasteiger charge is 2.34. The molecule has 130 valence electrons. The average Bonchev–Trinajstić information content (AvgIpc) is 3.05. The molecule has 0 aliphatic carbocycles. The number of phenols is 1. The van der Waals surface area contributed by atoms with Gasteiger partial charge in [-0.1, -0.05) is 12.1 Å². The number of nitrogens with zero attached hydrogens (tertiary/aromatic N) is 1. The van der Waals surface area contributed by atoms with Crippen LogP contribution in [-0.4, -0.2) is 53.4 Å². The van der Waals surface area contributed by atoms with Gasteiger partial charge in [0.2, 0.25) is 17.7 Å². The Balaban J connectivity index is 2.08. The summed E-state index contributed by atoms with van der Waals surface area (Å²) >= 11 is 0. The van der Waals surface area contributed by atoms with Crippen molar-refractivity contribution < 1.29 is 19.5 Å². The summed E-state index contributed by atoms with van der Waals surface area (Å²) in [5.41, 5.74) is 0.816. The monoisotopic (exact) mass is 333 g/mol. The fourth-order valence-electron chi connectivity index (χ4n) is 2.94. The first kappa shape index (κ1) is 17.8. The molecular formula is C17H23N3O4. The number of phenolic OH excluding ortho intramolecular Hbond substituents is 1. The van der Waals surface area contributed by atoms with Crippen LogP contribution in [-0.2, 0) is 20.8 Å². The fraction of sp³-hybridized carbons (Fsp3) is 0.471. The Labute approximate surface area is 141 Å². The molecule has 1 heterocycles. The highest BCUT2D eigenvalue weighted by Crippen LogP contribution is 2.18. The Hall–Kier alpha value is -2.57. The zero-order valence-corrected chi connectivity index (χ0v) is 13.9. The molecule has 0 saturated carbocycles. The van der Waals surface area contributed by atoms with Gasteiger partial charge in [0.25, 0.3) is 0 Å². The summed E-state index contributed by atoms with van der Waals surface area (Å²) in [6.45, 7) is 2.01. The minimum absolute atomic E-state index is 0.136. The Morgan fingerprint density at radius 1 is 1.29 bits per heavy atom. The van der Waals surface area contributed by atoms with Gasteiger partial charge in [0.1, 0.15) is 17.8 Å². The Kier molecular flexibility index (Phi) is 5.78. The van der Waals surface area contributed by atoms with Gasteiger partial charge in [-0.25, -0.2) is 0 Å². The second-order valence-corrected chi connectivity index (χ2v) is 5.92. The quantitative estimate of drug-likeness (QED) is 0.716. The van der Waals surface area contributed by atoms with Crippen LogP contribution in [0.15, 0.2) is 24.3 Å². The SMILES string of the molecule is CNC(=O)[C@@H](Cc1ccc(O)cc1)NC(=O)[C@@H]1CCCN1C(C)=O. The molecule has 1 aliphatic rings. The maximum atomic E-state index is 12.5. The molecule has 7 nitrogen and oxygen atoms in total. The lowest BCUT2D eigenvalue weighted by molar-refractivity contribution is -0.138. The molecule has 1 fully saturated rings. The van der Waals surface area contributed by atoms with Gasteiger partial charge in [-0.05, 0) is 30.5 Å². The molecule has 0 aromatic heterocycles. The van der Waals surface area contributed by atoms with Crippen molar-refractivity contribution in [1.29, 1.82) is 0 Å². The van der Waals surface area contributed by atoms with Gasteiger partial charge in [0.15, 0.2) is 0 Å². The summed E-state index contributed by atoms with van der Waals surface area (Å²) in [7, 11) is 1.51. The van der Waals surface area contributed by atoms with Crippen molar-refractivity contribution in [3.63, 3.8) is 0 Å². The third kappa shape index (κ3) is 4.24. The second-order valence-electron chi connectivity index (χ2n) is 5.92. The summed E-state index contributed by atoms with van der Waals surface area (Å²) in [6, 6.07) is 5.22. The van der Waals surface area contributed by atoms with E-state index in [4.69, 9.17) is 0 Å². The lowest BCUT2D eigenvalue weighted by Gasteiger charge is -2.25. The standard InChI is InChI=1S/C17H23N3O4/c1-11(21)20-9-3-4-15(20)17(24)19-14(16(23)18-2)10-12-5-7-13(22)8-6-12/h5-8,14-15,22H,3-4,9-10H2,1-2H3,(H,18,23)(H,19,24)/t14-,15+/m1/s1. The molecule has 24 heavy (non-hydrogen) atoms. The number of hydrogen-bond donors (Lipinski definition) is 3. The highest BCUT2D eigenvalue weighted by molar-refractivity contribution is 5.92. The first-order valence-corrected chi connectivity index (χ1v) is 7.99. The molecule has 3 amide bonds. The molecule has 3 N–H and O–H groups in total. The number of amides is 3. The number of carbonyl (C=O) groups is 3. The molecule has 1 aromatic carbocycles. The number of nitrogens with one attached hydrogen (secondary N) is 2. The van der Waals surface area contributed by atoms with Crippen molar-refractivity contribution in [2.75, 3.05) is 13.6 Å². The Bertz CT molecular complexity index is 615. The predicted molar refractivity (Wildman–Crippen MR) is 88.2 cm³/mol. The summed E-state index contributed by atoms with van der Waals surface area (Å²) in [5.74, 6) is -0.608. The zero-order chi connectivity index (χ0) is 17.7. The van der Waals surface area contributed by atoms with Crippen molar-refractivity contribution in [3.05, 3.63) is 29.8 Å². The third-order valence-corrected chi connectivity index (χ3v) is 4.22. The van der Waals surface area contributed by atoms with Gasteiger partial charge in [-0.15, -0.1) is 0 Å². The van der Waals surface area contributed by atoms with E-state index >= 15 is 0 Å². The van der Waals surface area contributed by atoms with Crippen LogP contribution < -0.4 is 10.6 Å². The van der Waals surface area contributed by atoms with Gasteiger partial charge in [-0.3, -0.25) is 14.4 Å². The van der Waals surface area contributed by atoms with E-state index in [1.807, 2.05) is 0 Å². The second kappa shape index (κ2) is 7.81. The first-order valence-electron chi connectivity index (χ1n) is 7.99. The summed E-state index contributed by atoms with van der Waals surface area (Å²) < 4.78 is 0. The minimum atomic E-state index is -0.735. The van der Waals surface area contributed by atoms with Crippen LogP contribution >= 0.6 is 0 Å². The van der Waals surface area contributed by atoms with Crippen LogP contribution in [0.4, 0.5) is 0 Å². The normalized spacial score (nSPS) is 18.1. The molecular weight excluding hydrogens is 310 g/mol. The van der Waals surface area contributed by atoms with Gasteiger partial charge in [-0.2, -0.15) is 0 Å². The van der Waals surface area contributed by atoms with Crippen LogP contribution in [0, 0.1) is 0 Å². The van der Waals surface area contributed by atoms with Gasteiger partial charge < -0.3 is 20.6 Å². The molecule has 1 aromatic rings. The molecule has 0 spiro atoms. The van der Waals surface area contributed by atoms with Gasteiger partial charge in [0.05, 0.1) is 0 Å². The molecule has 1 saturated heterocycles. The topological polar surface area (TPSA) is 98.7 Å². The van der Waals surface area contributed by atoms with Crippen LogP contribution in [0.1, 0.15) is 25.3 Å². The first-order chi connectivity index (χ1) is 11.4. The van der Waals surface area contributed by atoms with E-state index in [-0.39, 0.29) is 23.5 Å². The van der Waals surface area contributed by atoms with E-state index in [9.17, 15) is 19.5 Å². The summed E-state index contributed by atoms with van der Waals surface area (Å²) in [6.07, 6.45) is 1.68. The molecule has 1 aliphatic heterocycles. The fourth-order valence-corrected chi connectivity index (χ4v) is 2.94. The molecule has 7 heteroatoms. The van der Waals surface area contributed by atoms with Crippen molar-refractivity contribution in [2.45, 2.75) is 38.3 Å². The Morgan fingerprint density at radius 3 is 2.54 bits per heavy atom. The van der Waals surface area contributed by atoms with Crippen LogP contribution in [0.25, 0.3) is 0 Å². The average molecular weight is 333 g/mol. The maximum Gasteiger partial charge on any atom is 0.243 e. The summed E-state index contributed by atoms with van der Waals surface area (Å²) in [4.78, 5) is 37.7. The van der Waals surface area contributed by atoms with E-state index in [1.54, 1.807) is 12.1 Å². The van der Waals surface area contributed by atoms with Crippen LogP contribution in [0.2, 0.25) is 0 Å². The van der Waals surface area contributed by atoms with E-state index in [0.29, 0.717) is 19.4 Å². The summed E-state index contributed by atoms with van der Waals surface area (Å²) in [5, 5.41) is 14.6. The largest absolute Gasteiger partial charge is 0.508 e. The number of likely N-dealkylation sites (tertiary alicyclic amines) is 1. The molecule has 0 unspecified atom stereocenters. The maximum absolute atomic E-state index is 12.5. The van der Waals surface area contributed by atoms with Crippen LogP contribution in [0.5, 0.6) is 5.75 Å². The molecule has 0 bridgehead atoms. The Morgan fingerprint density at radius 2 is 1.96 bits per heavy atom. The van der Waals surface area contributed by atoms with Crippen molar-refractivity contribution >= 4 is 17.7 Å². The van der Waals surface area contributed by atoms with E-state index in [1.165, 1.54) is 31.0 Å². The van der Waals surface area contributed by atoms with E-state index in [2.05, 4.69) is 10.6 Å². The zero-order valence-electron chi connectivity index (χ0n) is 13.9. The van der Waals surface area contributed by atoms with Gasteiger partial charge in [0, 0.05) is 26.9 Å². The molecule has 0 radical (unpaired) electrons. The predicted octanol–water partition coefficient (Wildman–Crippen LogP) is 0.176. The number of rotatable bonds is 5. The number of likely N-dealkylation sites (N-methyl/N-ethyl adjacent to an activating group) is 1. The van der Waals surface area contributed by atoms with Gasteiger partial charge >= 0.3 is 0 Å². The highest BCUT2D eigenvalue weighted by atomic mass is 16.3. The molecule has 2 atom stereocenters. The number of benzene rings is 1. The molecule has 2 rings (SSSR count). The minimum Gasteiger partial charge on any atom is -0.508 e. The number of aromatic hydroxyl groups is 1. The van der Waals surface area contributed by atoms with Crippen molar-refractivity contribution in [1.82, 2.24) is 15.5 Å². The lowest BCUT2D eigenvalue weighted by atomic mass is 10.0.